The fraction of sp³-hybridized carbons (Fsp3) is 0.375. The number of carbonyl (C=O) groups is 1. The quantitative estimate of drug-likeness (QED) is 0.747. The molecule has 1 heterocycles. The predicted molar refractivity (Wildman–Crippen MR) is 124 cm³/mol. The summed E-state index contributed by atoms with van der Waals surface area (Å²) in [6.07, 6.45) is 4.26. The maximum Gasteiger partial charge on any atom is 0.253 e. The zero-order valence-electron chi connectivity index (χ0n) is 18.4. The largest absolute Gasteiger partial charge is 0.336 e. The highest BCUT2D eigenvalue weighted by Gasteiger charge is 2.24. The summed E-state index contributed by atoms with van der Waals surface area (Å²) in [7, 11) is -3.61. The minimum Gasteiger partial charge on any atom is -0.336 e. The van der Waals surface area contributed by atoms with E-state index in [4.69, 9.17) is 0 Å². The van der Waals surface area contributed by atoms with Gasteiger partial charge in [0.2, 0.25) is 10.0 Å². The van der Waals surface area contributed by atoms with Crippen LogP contribution in [0, 0.1) is 0 Å². The molecule has 0 aliphatic carbocycles. The van der Waals surface area contributed by atoms with E-state index in [0.29, 0.717) is 18.7 Å². The Labute approximate surface area is 185 Å². The third-order valence-corrected chi connectivity index (χ3v) is 6.76. The van der Waals surface area contributed by atoms with Gasteiger partial charge in [-0.2, -0.15) is 0 Å². The summed E-state index contributed by atoms with van der Waals surface area (Å²) in [5, 5.41) is 0. The smallest absolute Gasteiger partial charge is 0.253 e. The number of hydrogen-bond acceptors (Lipinski definition) is 4. The maximum absolute atomic E-state index is 12.8. The molecule has 2 aromatic rings. The van der Waals surface area contributed by atoms with Crippen LogP contribution in [-0.2, 0) is 10.0 Å². The Kier molecular flexibility index (Phi) is 7.30. The molecule has 1 fully saturated rings. The van der Waals surface area contributed by atoms with Crippen LogP contribution in [0.3, 0.4) is 0 Å². The van der Waals surface area contributed by atoms with E-state index in [2.05, 4.69) is 33.9 Å². The molecule has 1 amide bonds. The van der Waals surface area contributed by atoms with E-state index < -0.39 is 15.6 Å². The summed E-state index contributed by atoms with van der Waals surface area (Å²) in [5.74, 6) is -0.0628. The van der Waals surface area contributed by atoms with Gasteiger partial charge in [-0.3, -0.25) is 9.69 Å². The van der Waals surface area contributed by atoms with Crippen molar-refractivity contribution in [1.82, 2.24) is 14.5 Å². The lowest BCUT2D eigenvalue weighted by molar-refractivity contribution is 0.0650. The van der Waals surface area contributed by atoms with Gasteiger partial charge >= 0.3 is 0 Å². The van der Waals surface area contributed by atoms with Crippen molar-refractivity contribution in [3.05, 3.63) is 71.8 Å². The molecule has 1 saturated heterocycles. The van der Waals surface area contributed by atoms with Gasteiger partial charge in [0.15, 0.2) is 0 Å². The Morgan fingerprint density at radius 2 is 1.58 bits per heavy atom. The van der Waals surface area contributed by atoms with Crippen LogP contribution in [0.15, 0.2) is 65.6 Å². The van der Waals surface area contributed by atoms with Crippen molar-refractivity contribution in [2.45, 2.75) is 31.2 Å². The van der Waals surface area contributed by atoms with Gasteiger partial charge in [-0.05, 0) is 50.6 Å². The highest BCUT2D eigenvalue weighted by Crippen LogP contribution is 2.16. The third-order valence-electron chi connectivity index (χ3n) is 4.99. The van der Waals surface area contributed by atoms with E-state index in [1.807, 2.05) is 23.1 Å². The van der Waals surface area contributed by atoms with Crippen LogP contribution in [0.1, 0.15) is 36.7 Å². The number of amides is 1. The molecule has 1 N–H and O–H groups in total. The number of nitrogens with zero attached hydrogens (tertiary/aromatic N) is 2. The van der Waals surface area contributed by atoms with E-state index in [1.165, 1.54) is 17.7 Å². The van der Waals surface area contributed by atoms with Crippen LogP contribution >= 0.6 is 0 Å². The van der Waals surface area contributed by atoms with Crippen molar-refractivity contribution in [2.75, 3.05) is 32.7 Å². The van der Waals surface area contributed by atoms with Gasteiger partial charge in [0, 0.05) is 43.8 Å². The van der Waals surface area contributed by atoms with Gasteiger partial charge in [-0.25, -0.2) is 13.1 Å². The molecule has 0 bridgehead atoms. The van der Waals surface area contributed by atoms with Crippen LogP contribution in [0.2, 0.25) is 0 Å². The third kappa shape index (κ3) is 6.75. The second kappa shape index (κ2) is 9.77. The Morgan fingerprint density at radius 3 is 2.16 bits per heavy atom. The minimum absolute atomic E-state index is 0.0628. The molecule has 1 aliphatic heterocycles. The van der Waals surface area contributed by atoms with Crippen molar-refractivity contribution < 1.29 is 13.2 Å². The fourth-order valence-corrected chi connectivity index (χ4v) is 4.88. The van der Waals surface area contributed by atoms with E-state index >= 15 is 0 Å². The molecule has 2 aromatic carbocycles. The average molecular weight is 442 g/mol. The first-order valence-corrected chi connectivity index (χ1v) is 12.0. The lowest BCUT2D eigenvalue weighted by Gasteiger charge is -2.34. The topological polar surface area (TPSA) is 69.7 Å². The highest BCUT2D eigenvalue weighted by atomic mass is 32.2. The van der Waals surface area contributed by atoms with Crippen molar-refractivity contribution in [3.8, 4) is 0 Å². The number of sulfonamides is 1. The normalized spacial score (nSPS) is 16.0. The molecule has 3 rings (SSSR count). The Balaban J connectivity index is 1.53. The minimum atomic E-state index is -3.61. The number of carbonyl (C=O) groups excluding carboxylic acids is 1. The van der Waals surface area contributed by atoms with Crippen molar-refractivity contribution >= 4 is 22.0 Å². The van der Waals surface area contributed by atoms with Gasteiger partial charge in [0.25, 0.3) is 5.91 Å². The van der Waals surface area contributed by atoms with Gasteiger partial charge in [-0.15, -0.1) is 0 Å². The van der Waals surface area contributed by atoms with Gasteiger partial charge in [0.1, 0.15) is 0 Å². The SMILES string of the molecule is CC(C)(C)NS(=O)(=O)c1ccc(C(=O)N2CCN(CC=Cc3ccccc3)CC2)cc1. The van der Waals surface area contributed by atoms with Crippen LogP contribution in [-0.4, -0.2) is 62.4 Å². The molecule has 0 atom stereocenters. The fourth-order valence-electron chi connectivity index (χ4n) is 3.46. The first-order chi connectivity index (χ1) is 14.6. The summed E-state index contributed by atoms with van der Waals surface area (Å²) in [6, 6.07) is 16.4. The molecule has 6 nitrogen and oxygen atoms in total. The first-order valence-electron chi connectivity index (χ1n) is 10.5. The Bertz CT molecular complexity index is 1000. The van der Waals surface area contributed by atoms with E-state index in [1.54, 1.807) is 32.9 Å². The molecule has 0 unspecified atom stereocenters. The standard InChI is InChI=1S/C24H31N3O3S/c1-24(2,3)25-31(29,30)22-13-11-21(12-14-22)23(28)27-18-16-26(17-19-27)15-7-10-20-8-5-4-6-9-20/h4-14,25H,15-19H2,1-3H3. The molecule has 0 spiro atoms. The summed E-state index contributed by atoms with van der Waals surface area (Å²) in [4.78, 5) is 17.1. The van der Waals surface area contributed by atoms with E-state index in [-0.39, 0.29) is 10.8 Å². The number of hydrogen-bond donors (Lipinski definition) is 1. The van der Waals surface area contributed by atoms with Crippen LogP contribution in [0.5, 0.6) is 0 Å². The molecular weight excluding hydrogens is 410 g/mol. The van der Waals surface area contributed by atoms with Crippen LogP contribution in [0.25, 0.3) is 6.08 Å². The lowest BCUT2D eigenvalue weighted by atomic mass is 10.1. The summed E-state index contributed by atoms with van der Waals surface area (Å²) in [6.45, 7) is 9.16. The van der Waals surface area contributed by atoms with Crippen LogP contribution in [0.4, 0.5) is 0 Å². The molecule has 1 aliphatic rings. The maximum atomic E-state index is 12.8. The summed E-state index contributed by atoms with van der Waals surface area (Å²) in [5.41, 5.74) is 1.12. The molecule has 7 heteroatoms. The number of nitrogens with one attached hydrogen (secondary N) is 1. The number of benzene rings is 2. The Hall–Kier alpha value is -2.48. The molecule has 0 saturated carbocycles. The number of piperazine rings is 1. The van der Waals surface area contributed by atoms with Crippen molar-refractivity contribution in [3.63, 3.8) is 0 Å². The zero-order valence-corrected chi connectivity index (χ0v) is 19.2. The first kappa shape index (κ1) is 23.2. The van der Waals surface area contributed by atoms with Crippen LogP contribution < -0.4 is 4.72 Å². The van der Waals surface area contributed by atoms with Crippen molar-refractivity contribution in [2.24, 2.45) is 0 Å². The van der Waals surface area contributed by atoms with E-state index in [9.17, 15) is 13.2 Å². The molecule has 31 heavy (non-hydrogen) atoms. The Morgan fingerprint density at radius 1 is 0.968 bits per heavy atom. The second-order valence-electron chi connectivity index (χ2n) is 8.79. The molecular formula is C24H31N3O3S. The zero-order chi connectivity index (χ0) is 22.5. The monoisotopic (exact) mass is 441 g/mol. The van der Waals surface area contributed by atoms with Crippen molar-refractivity contribution in [1.29, 1.82) is 0 Å². The summed E-state index contributed by atoms with van der Waals surface area (Å²) >= 11 is 0. The molecule has 166 valence electrons. The van der Waals surface area contributed by atoms with Gasteiger partial charge in [0.05, 0.1) is 4.90 Å². The average Bonchev–Trinajstić information content (AvgIpc) is 2.73. The number of rotatable bonds is 6. The highest BCUT2D eigenvalue weighted by molar-refractivity contribution is 7.89. The predicted octanol–water partition coefficient (Wildman–Crippen LogP) is 3.23. The van der Waals surface area contributed by atoms with E-state index in [0.717, 1.165) is 19.6 Å². The lowest BCUT2D eigenvalue weighted by Crippen LogP contribution is -2.48. The molecule has 0 aromatic heterocycles. The summed E-state index contributed by atoms with van der Waals surface area (Å²) < 4.78 is 27.5. The van der Waals surface area contributed by atoms with Gasteiger partial charge < -0.3 is 4.90 Å². The molecule has 0 radical (unpaired) electrons. The van der Waals surface area contributed by atoms with Gasteiger partial charge in [-0.1, -0.05) is 42.5 Å². The second-order valence-corrected chi connectivity index (χ2v) is 10.5.